The van der Waals surface area contributed by atoms with E-state index in [-0.39, 0.29) is 13.0 Å². The number of carbonyl (C=O) groups is 1. The van der Waals surface area contributed by atoms with Gasteiger partial charge in [-0.15, -0.1) is 0 Å². The summed E-state index contributed by atoms with van der Waals surface area (Å²) in [5, 5.41) is 49.8. The van der Waals surface area contributed by atoms with E-state index in [9.17, 15) is 39.8 Å². The monoisotopic (exact) mass is 744 g/mol. The lowest BCUT2D eigenvalue weighted by Crippen LogP contribution is -2.64. The molecule has 6 unspecified atom stereocenters. The van der Waals surface area contributed by atoms with Crippen molar-refractivity contribution in [3.63, 3.8) is 0 Å². The molecule has 1 saturated carbocycles. The van der Waals surface area contributed by atoms with Crippen LogP contribution < -0.4 is 0 Å². The van der Waals surface area contributed by atoms with Crippen LogP contribution in [0.3, 0.4) is 0 Å². The van der Waals surface area contributed by atoms with Gasteiger partial charge >= 0.3 is 13.8 Å². The first-order valence-electron chi connectivity index (χ1n) is 18.6. The molecule has 6 atom stereocenters. The molecule has 294 valence electrons. The largest absolute Gasteiger partial charge is 0.472 e. The van der Waals surface area contributed by atoms with E-state index < -0.39 is 63.1 Å². The van der Waals surface area contributed by atoms with Crippen LogP contribution in [0.2, 0.25) is 0 Å². The van der Waals surface area contributed by atoms with Crippen LogP contribution in [0.1, 0.15) is 110 Å². The van der Waals surface area contributed by atoms with Crippen molar-refractivity contribution in [1.29, 1.82) is 0 Å². The third kappa shape index (κ3) is 22.7. The number of unbranched alkanes of at least 4 members (excludes halogenated alkanes) is 7. The summed E-state index contributed by atoms with van der Waals surface area (Å²) in [5.74, 6) is -0.511. The minimum absolute atomic E-state index is 0.133. The van der Waals surface area contributed by atoms with Crippen molar-refractivity contribution in [2.24, 2.45) is 0 Å². The molecule has 6 N–H and O–H groups in total. The van der Waals surface area contributed by atoms with Gasteiger partial charge in [0, 0.05) is 6.42 Å². The van der Waals surface area contributed by atoms with Crippen molar-refractivity contribution in [1.82, 2.24) is 0 Å². The third-order valence-corrected chi connectivity index (χ3v) is 9.16. The highest BCUT2D eigenvalue weighted by Gasteiger charge is 2.51. The maximum atomic E-state index is 12.7. The second-order valence-electron chi connectivity index (χ2n) is 12.7. The van der Waals surface area contributed by atoms with Crippen molar-refractivity contribution in [2.45, 2.75) is 153 Å². The highest BCUT2D eigenvalue weighted by Crippen LogP contribution is 2.47. The van der Waals surface area contributed by atoms with E-state index in [0.29, 0.717) is 19.4 Å². The van der Waals surface area contributed by atoms with Gasteiger partial charge in [-0.3, -0.25) is 13.8 Å². The van der Waals surface area contributed by atoms with E-state index in [4.69, 9.17) is 18.5 Å². The van der Waals surface area contributed by atoms with Crippen LogP contribution in [0.15, 0.2) is 60.8 Å². The standard InChI is InChI=1S/C38H65O12P/c1-3-5-7-9-11-13-14-15-16-17-18-19-20-22-24-26-28-47-29-31(49-32(39)27-25-23-21-12-10-8-6-4-2)30-48-51(45,46)50-38-36(43)34(41)33(40)35(42)37(38)44/h5,7,11,13,15-16,18-19,22,24,31,33-38,40-44H,3-4,6,8-10,12,14,17,20-21,23,25-30H2,1-2H3,(H,45,46)/b7-5-,13-11-,16-15-,19-18-,24-22-. The smallest absolute Gasteiger partial charge is 0.457 e. The molecule has 0 heterocycles. The Hall–Kier alpha value is -1.96. The summed E-state index contributed by atoms with van der Waals surface area (Å²) in [7, 11) is -5.02. The van der Waals surface area contributed by atoms with Crippen molar-refractivity contribution < 1.29 is 58.3 Å². The third-order valence-electron chi connectivity index (χ3n) is 8.17. The zero-order chi connectivity index (χ0) is 37.7. The van der Waals surface area contributed by atoms with Gasteiger partial charge in [-0.2, -0.15) is 0 Å². The fraction of sp³-hybridized carbons (Fsp3) is 0.711. The van der Waals surface area contributed by atoms with Crippen LogP contribution in [0.4, 0.5) is 0 Å². The summed E-state index contributed by atoms with van der Waals surface area (Å²) in [6.45, 7) is 3.84. The van der Waals surface area contributed by atoms with Crippen LogP contribution in [-0.2, 0) is 27.9 Å². The van der Waals surface area contributed by atoms with Gasteiger partial charge in [0.1, 0.15) is 42.7 Å². The van der Waals surface area contributed by atoms with Crippen LogP contribution in [0, 0.1) is 0 Å². The number of aliphatic hydroxyl groups is 5. The fourth-order valence-electron chi connectivity index (χ4n) is 5.18. The number of aliphatic hydroxyl groups excluding tert-OH is 5. The number of phosphoric ester groups is 1. The number of ether oxygens (including phenoxy) is 2. The van der Waals surface area contributed by atoms with E-state index in [1.54, 1.807) is 0 Å². The molecule has 0 radical (unpaired) electrons. The van der Waals surface area contributed by atoms with Crippen LogP contribution in [0.5, 0.6) is 0 Å². The van der Waals surface area contributed by atoms with E-state index in [1.165, 1.54) is 25.7 Å². The van der Waals surface area contributed by atoms with Crippen LogP contribution >= 0.6 is 7.82 Å². The average molecular weight is 745 g/mol. The molecule has 0 aromatic rings. The molecule has 1 rings (SSSR count). The molecule has 1 aliphatic rings. The lowest BCUT2D eigenvalue weighted by molar-refractivity contribution is -0.220. The second kappa shape index (κ2) is 29.5. The Balaban J connectivity index is 2.53. The molecule has 12 nitrogen and oxygen atoms in total. The minimum atomic E-state index is -5.02. The average Bonchev–Trinajstić information content (AvgIpc) is 3.11. The maximum absolute atomic E-state index is 12.7. The number of carbonyl (C=O) groups excluding carboxylic acids is 1. The Bertz CT molecular complexity index is 1070. The summed E-state index contributed by atoms with van der Waals surface area (Å²) < 4.78 is 33.7. The van der Waals surface area contributed by atoms with Gasteiger partial charge in [-0.1, -0.05) is 120 Å². The number of rotatable bonds is 29. The molecule has 0 aromatic carbocycles. The summed E-state index contributed by atoms with van der Waals surface area (Å²) >= 11 is 0. The van der Waals surface area contributed by atoms with Crippen molar-refractivity contribution in [2.75, 3.05) is 19.8 Å². The Kier molecular flexibility index (Phi) is 27.2. The number of esters is 1. The molecular formula is C38H65O12P. The number of allylic oxidation sites excluding steroid dienone is 9. The summed E-state index contributed by atoms with van der Waals surface area (Å²) in [6, 6.07) is 0. The SMILES string of the molecule is CC/C=C\C/C=C\C/C=C\C/C=C\C/C=C\CCOCC(COP(=O)(O)OC1C(O)C(O)C(O)C(O)C1O)OC(=O)CCCCCCCCCC. The topological polar surface area (TPSA) is 192 Å². The predicted molar refractivity (Wildman–Crippen MR) is 198 cm³/mol. The highest BCUT2D eigenvalue weighted by molar-refractivity contribution is 7.47. The molecule has 1 aliphatic carbocycles. The van der Waals surface area contributed by atoms with Gasteiger partial charge in [0.25, 0.3) is 0 Å². The molecule has 13 heteroatoms. The Morgan fingerprint density at radius 3 is 1.65 bits per heavy atom. The molecule has 0 saturated heterocycles. The lowest BCUT2D eigenvalue weighted by Gasteiger charge is -2.41. The van der Waals surface area contributed by atoms with Gasteiger partial charge in [0.15, 0.2) is 0 Å². The first kappa shape index (κ1) is 47.1. The van der Waals surface area contributed by atoms with Gasteiger partial charge in [0.05, 0.1) is 19.8 Å². The molecule has 0 bridgehead atoms. The van der Waals surface area contributed by atoms with Gasteiger partial charge in [-0.05, 0) is 44.9 Å². The van der Waals surface area contributed by atoms with E-state index >= 15 is 0 Å². The summed E-state index contributed by atoms with van der Waals surface area (Å²) in [5.41, 5.74) is 0. The first-order chi connectivity index (χ1) is 24.5. The normalized spacial score (nSPS) is 24.8. The number of phosphoric acid groups is 1. The molecule has 0 spiro atoms. The van der Waals surface area contributed by atoms with Crippen LogP contribution in [0.25, 0.3) is 0 Å². The van der Waals surface area contributed by atoms with E-state index in [0.717, 1.165) is 51.4 Å². The Morgan fingerprint density at radius 1 is 0.647 bits per heavy atom. The van der Waals surface area contributed by atoms with Gasteiger partial charge < -0.3 is 39.9 Å². The molecule has 51 heavy (non-hydrogen) atoms. The zero-order valence-electron chi connectivity index (χ0n) is 30.6. The van der Waals surface area contributed by atoms with E-state index in [2.05, 4.69) is 62.5 Å². The molecule has 0 aromatic heterocycles. The Labute approximate surface area is 305 Å². The molecular weight excluding hydrogens is 679 g/mol. The summed E-state index contributed by atoms with van der Waals surface area (Å²) in [6.07, 6.45) is 22.0. The maximum Gasteiger partial charge on any atom is 0.472 e. The predicted octanol–water partition coefficient (Wildman–Crippen LogP) is 5.91. The van der Waals surface area contributed by atoms with Gasteiger partial charge in [-0.25, -0.2) is 4.57 Å². The second-order valence-corrected chi connectivity index (χ2v) is 14.1. The van der Waals surface area contributed by atoms with Crippen LogP contribution in [-0.4, -0.2) is 98.9 Å². The highest BCUT2D eigenvalue weighted by atomic mass is 31.2. The summed E-state index contributed by atoms with van der Waals surface area (Å²) in [4.78, 5) is 22.9. The van der Waals surface area contributed by atoms with Crippen molar-refractivity contribution in [3.8, 4) is 0 Å². The zero-order valence-corrected chi connectivity index (χ0v) is 31.5. The molecule has 0 aliphatic heterocycles. The minimum Gasteiger partial charge on any atom is -0.457 e. The lowest BCUT2D eigenvalue weighted by atomic mass is 9.85. The Morgan fingerprint density at radius 2 is 1.12 bits per heavy atom. The fourth-order valence-corrected chi connectivity index (χ4v) is 6.15. The number of hydrogen-bond donors (Lipinski definition) is 6. The van der Waals surface area contributed by atoms with Crippen molar-refractivity contribution >= 4 is 13.8 Å². The molecule has 1 fully saturated rings. The molecule has 0 amide bonds. The quantitative estimate of drug-likeness (QED) is 0.0230. The number of hydrogen-bond acceptors (Lipinski definition) is 11. The van der Waals surface area contributed by atoms with E-state index in [1.807, 2.05) is 12.2 Å². The van der Waals surface area contributed by atoms with Crippen molar-refractivity contribution in [3.05, 3.63) is 60.8 Å². The first-order valence-corrected chi connectivity index (χ1v) is 20.1. The van der Waals surface area contributed by atoms with Gasteiger partial charge in [0.2, 0.25) is 0 Å².